The zero-order valence-electron chi connectivity index (χ0n) is 13.6. The minimum atomic E-state index is -0.538. The zero-order chi connectivity index (χ0) is 17.9. The van der Waals surface area contributed by atoms with Crippen LogP contribution in [0, 0.1) is 0 Å². The molecule has 0 heterocycles. The molecule has 1 amide bonds. The number of amides is 1. The summed E-state index contributed by atoms with van der Waals surface area (Å²) in [6.07, 6.45) is 1.57. The van der Waals surface area contributed by atoms with Crippen molar-refractivity contribution in [3.05, 3.63) is 68.7 Å². The highest BCUT2D eigenvalue weighted by Crippen LogP contribution is 2.24. The van der Waals surface area contributed by atoms with E-state index in [1.807, 2.05) is 39.0 Å². The highest BCUT2D eigenvalue weighted by Gasteiger charge is 2.27. The first-order chi connectivity index (χ1) is 11.2. The third-order valence-electron chi connectivity index (χ3n) is 3.15. The number of hydrogen-bond donors (Lipinski definition) is 0. The normalized spacial score (nSPS) is 11.8. The quantitative estimate of drug-likeness (QED) is 0.478. The van der Waals surface area contributed by atoms with E-state index in [4.69, 9.17) is 34.8 Å². The molecule has 0 unspecified atom stereocenters. The average molecular weight is 384 g/mol. The van der Waals surface area contributed by atoms with E-state index in [1.54, 1.807) is 30.5 Å². The molecule has 0 fully saturated rings. The zero-order valence-corrected chi connectivity index (χ0v) is 15.8. The molecule has 0 bridgehead atoms. The van der Waals surface area contributed by atoms with Crippen LogP contribution in [-0.4, -0.2) is 22.7 Å². The van der Waals surface area contributed by atoms with Crippen molar-refractivity contribution in [2.45, 2.75) is 26.3 Å². The number of halogens is 3. The Morgan fingerprint density at radius 2 is 1.62 bits per heavy atom. The van der Waals surface area contributed by atoms with Gasteiger partial charge in [0.2, 0.25) is 0 Å². The Morgan fingerprint density at radius 3 is 2.17 bits per heavy atom. The summed E-state index contributed by atoms with van der Waals surface area (Å²) in [6, 6.07) is 12.0. The standard InChI is InChI=1S/C18H17Cl3N2O/c1-18(2,3)23(22-11-12-6-4-5-7-16(12)21)17(24)13-8-14(19)10-15(20)9-13/h4-11H,1-3H3/b22-11+. The Kier molecular flexibility index (Phi) is 5.92. The molecule has 0 saturated carbocycles. The van der Waals surface area contributed by atoms with E-state index in [2.05, 4.69) is 5.10 Å². The van der Waals surface area contributed by atoms with Crippen LogP contribution in [0.15, 0.2) is 47.6 Å². The number of rotatable bonds is 3. The maximum atomic E-state index is 12.9. The number of carbonyl (C=O) groups is 1. The van der Waals surface area contributed by atoms with Crippen LogP contribution < -0.4 is 0 Å². The molecule has 2 aromatic rings. The topological polar surface area (TPSA) is 32.7 Å². The van der Waals surface area contributed by atoms with Crippen molar-refractivity contribution in [2.24, 2.45) is 5.10 Å². The molecule has 0 aliphatic carbocycles. The summed E-state index contributed by atoms with van der Waals surface area (Å²) in [4.78, 5) is 12.9. The lowest BCUT2D eigenvalue weighted by Crippen LogP contribution is -2.42. The van der Waals surface area contributed by atoms with Crippen LogP contribution in [0.5, 0.6) is 0 Å². The summed E-state index contributed by atoms with van der Waals surface area (Å²) >= 11 is 18.1. The summed E-state index contributed by atoms with van der Waals surface area (Å²) < 4.78 is 0. The van der Waals surface area contributed by atoms with E-state index in [0.29, 0.717) is 20.6 Å². The summed E-state index contributed by atoms with van der Waals surface area (Å²) in [5, 5.41) is 7.10. The largest absolute Gasteiger partial charge is 0.274 e. The van der Waals surface area contributed by atoms with Gasteiger partial charge in [0, 0.05) is 26.2 Å². The van der Waals surface area contributed by atoms with Crippen molar-refractivity contribution >= 4 is 46.9 Å². The Bertz CT molecular complexity index is 762. The molecular formula is C18H17Cl3N2O. The lowest BCUT2D eigenvalue weighted by atomic mass is 10.1. The average Bonchev–Trinajstić information content (AvgIpc) is 2.46. The first-order valence-electron chi connectivity index (χ1n) is 7.27. The van der Waals surface area contributed by atoms with Gasteiger partial charge in [-0.1, -0.05) is 53.0 Å². The van der Waals surface area contributed by atoms with Gasteiger partial charge in [0.15, 0.2) is 0 Å². The minimum Gasteiger partial charge on any atom is -0.267 e. The fourth-order valence-corrected chi connectivity index (χ4v) is 2.74. The van der Waals surface area contributed by atoms with E-state index in [0.717, 1.165) is 5.56 Å². The predicted molar refractivity (Wildman–Crippen MR) is 101 cm³/mol. The lowest BCUT2D eigenvalue weighted by molar-refractivity contribution is 0.0593. The first-order valence-corrected chi connectivity index (χ1v) is 8.41. The second-order valence-electron chi connectivity index (χ2n) is 6.21. The smallest absolute Gasteiger partial charge is 0.267 e. The Morgan fingerprint density at radius 1 is 1.04 bits per heavy atom. The van der Waals surface area contributed by atoms with E-state index in [-0.39, 0.29) is 5.91 Å². The van der Waals surface area contributed by atoms with Gasteiger partial charge < -0.3 is 0 Å². The van der Waals surface area contributed by atoms with Crippen molar-refractivity contribution < 1.29 is 4.79 Å². The van der Waals surface area contributed by atoms with Gasteiger partial charge >= 0.3 is 0 Å². The number of carbonyl (C=O) groups excluding carboxylic acids is 1. The molecule has 2 aromatic carbocycles. The van der Waals surface area contributed by atoms with Crippen molar-refractivity contribution in [3.8, 4) is 0 Å². The molecule has 0 aliphatic heterocycles. The van der Waals surface area contributed by atoms with Crippen LogP contribution in [-0.2, 0) is 0 Å². The van der Waals surface area contributed by atoms with Gasteiger partial charge in [0.1, 0.15) is 0 Å². The first kappa shape index (κ1) is 18.8. The number of hydrazone groups is 1. The SMILES string of the molecule is CC(C)(C)N(/N=C/c1ccccc1Cl)C(=O)c1cc(Cl)cc(Cl)c1. The van der Waals surface area contributed by atoms with Gasteiger partial charge in [0.05, 0.1) is 11.8 Å². The summed E-state index contributed by atoms with van der Waals surface area (Å²) in [5.74, 6) is -0.296. The number of hydrogen-bond acceptors (Lipinski definition) is 2. The van der Waals surface area contributed by atoms with Gasteiger partial charge in [-0.3, -0.25) is 4.79 Å². The predicted octanol–water partition coefficient (Wildman–Crippen LogP) is 5.92. The molecule has 0 atom stereocenters. The Hall–Kier alpha value is -1.55. The molecule has 24 heavy (non-hydrogen) atoms. The van der Waals surface area contributed by atoms with Crippen LogP contribution in [0.3, 0.4) is 0 Å². The Balaban J connectivity index is 2.39. The van der Waals surface area contributed by atoms with E-state index < -0.39 is 5.54 Å². The molecular weight excluding hydrogens is 367 g/mol. The van der Waals surface area contributed by atoms with Crippen LogP contribution in [0.1, 0.15) is 36.7 Å². The molecule has 2 rings (SSSR count). The molecule has 3 nitrogen and oxygen atoms in total. The lowest BCUT2D eigenvalue weighted by Gasteiger charge is -2.31. The Labute approximate surface area is 156 Å². The second-order valence-corrected chi connectivity index (χ2v) is 7.49. The molecule has 6 heteroatoms. The van der Waals surface area contributed by atoms with Gasteiger partial charge in [-0.2, -0.15) is 5.10 Å². The monoisotopic (exact) mass is 382 g/mol. The molecule has 0 radical (unpaired) electrons. The van der Waals surface area contributed by atoms with Crippen molar-refractivity contribution in [3.63, 3.8) is 0 Å². The van der Waals surface area contributed by atoms with E-state index in [9.17, 15) is 4.79 Å². The summed E-state index contributed by atoms with van der Waals surface area (Å²) in [5.41, 5.74) is 0.563. The van der Waals surface area contributed by atoms with Gasteiger partial charge in [0.25, 0.3) is 5.91 Å². The van der Waals surface area contributed by atoms with Gasteiger partial charge in [-0.15, -0.1) is 0 Å². The third-order valence-corrected chi connectivity index (χ3v) is 3.94. The molecule has 0 saturated heterocycles. The van der Waals surface area contributed by atoms with Crippen LogP contribution >= 0.6 is 34.8 Å². The highest BCUT2D eigenvalue weighted by atomic mass is 35.5. The number of nitrogens with zero attached hydrogens (tertiary/aromatic N) is 2. The van der Waals surface area contributed by atoms with Crippen molar-refractivity contribution in [2.75, 3.05) is 0 Å². The van der Waals surface area contributed by atoms with Gasteiger partial charge in [-0.25, -0.2) is 5.01 Å². The number of benzene rings is 2. The van der Waals surface area contributed by atoms with E-state index in [1.165, 1.54) is 5.01 Å². The van der Waals surface area contributed by atoms with Crippen LogP contribution in [0.4, 0.5) is 0 Å². The van der Waals surface area contributed by atoms with Crippen molar-refractivity contribution in [1.29, 1.82) is 0 Å². The van der Waals surface area contributed by atoms with Crippen molar-refractivity contribution in [1.82, 2.24) is 5.01 Å². The maximum absolute atomic E-state index is 12.9. The third kappa shape index (κ3) is 4.73. The molecule has 126 valence electrons. The molecule has 0 aromatic heterocycles. The molecule has 0 aliphatic rings. The van der Waals surface area contributed by atoms with Crippen LogP contribution in [0.2, 0.25) is 15.1 Å². The fraction of sp³-hybridized carbons (Fsp3) is 0.222. The van der Waals surface area contributed by atoms with Gasteiger partial charge in [-0.05, 0) is 45.0 Å². The maximum Gasteiger partial charge on any atom is 0.274 e. The molecule has 0 spiro atoms. The summed E-state index contributed by atoms with van der Waals surface area (Å²) in [7, 11) is 0. The van der Waals surface area contributed by atoms with Crippen LogP contribution in [0.25, 0.3) is 0 Å². The highest BCUT2D eigenvalue weighted by molar-refractivity contribution is 6.35. The minimum absolute atomic E-state index is 0.296. The summed E-state index contributed by atoms with van der Waals surface area (Å²) in [6.45, 7) is 5.67. The fourth-order valence-electron chi connectivity index (χ4n) is 2.03. The molecule has 0 N–H and O–H groups in total. The second kappa shape index (κ2) is 7.56. The van der Waals surface area contributed by atoms with E-state index >= 15 is 0 Å².